The summed E-state index contributed by atoms with van der Waals surface area (Å²) >= 11 is 0. The van der Waals surface area contributed by atoms with Crippen molar-refractivity contribution in [3.8, 4) is 0 Å². The zero-order valence-corrected chi connectivity index (χ0v) is 13.3. The first-order valence-electron chi connectivity index (χ1n) is 7.94. The molecule has 0 bridgehead atoms. The van der Waals surface area contributed by atoms with E-state index >= 15 is 0 Å². The van der Waals surface area contributed by atoms with Gasteiger partial charge in [0.2, 0.25) is 0 Å². The highest BCUT2D eigenvalue weighted by Crippen LogP contribution is 2.18. The van der Waals surface area contributed by atoms with Crippen LogP contribution in [-0.4, -0.2) is 22.9 Å². The van der Waals surface area contributed by atoms with Gasteiger partial charge in [-0.3, -0.25) is 4.79 Å². The first kappa shape index (κ1) is 15.8. The van der Waals surface area contributed by atoms with Gasteiger partial charge >= 0.3 is 0 Å². The highest BCUT2D eigenvalue weighted by Gasteiger charge is 2.23. The van der Waals surface area contributed by atoms with Crippen LogP contribution >= 0.6 is 0 Å². The predicted molar refractivity (Wildman–Crippen MR) is 88.6 cm³/mol. The van der Waals surface area contributed by atoms with E-state index in [1.807, 2.05) is 30.5 Å². The number of para-hydroxylation sites is 1. The normalized spacial score (nSPS) is 20.5. The molecule has 0 spiro atoms. The van der Waals surface area contributed by atoms with Crippen LogP contribution in [0.2, 0.25) is 0 Å². The Hall–Kier alpha value is -1.61. The molecule has 2 unspecified atom stereocenters. The molecule has 114 valence electrons. The molecule has 2 heterocycles. The lowest BCUT2D eigenvalue weighted by atomic mass is 9.93. The molecule has 3 heteroatoms. The molecule has 0 aliphatic carbocycles. The van der Waals surface area contributed by atoms with E-state index in [1.165, 1.54) is 19.3 Å². The van der Waals surface area contributed by atoms with E-state index in [0.717, 1.165) is 28.6 Å². The summed E-state index contributed by atoms with van der Waals surface area (Å²) < 4.78 is 0. The van der Waals surface area contributed by atoms with Gasteiger partial charge in [-0.15, -0.1) is 0 Å². The molecule has 2 N–H and O–H groups in total. The average Bonchev–Trinajstić information content (AvgIpc) is 2.82. The number of rotatable bonds is 4. The van der Waals surface area contributed by atoms with Crippen LogP contribution in [0.4, 0.5) is 0 Å². The summed E-state index contributed by atoms with van der Waals surface area (Å²) in [7, 11) is 0. The Bertz CT molecular complexity index is 574. The molecule has 1 aromatic carbocycles. The smallest absolute Gasteiger partial charge is 0.134 e. The van der Waals surface area contributed by atoms with Crippen LogP contribution in [0.5, 0.6) is 0 Å². The van der Waals surface area contributed by atoms with Crippen LogP contribution in [0.1, 0.15) is 45.6 Å². The van der Waals surface area contributed by atoms with E-state index in [4.69, 9.17) is 0 Å². The number of carbonyl (C=O) groups is 1. The fourth-order valence-electron chi connectivity index (χ4n) is 2.77. The van der Waals surface area contributed by atoms with E-state index in [-0.39, 0.29) is 5.78 Å². The molecule has 1 aromatic heterocycles. The molecule has 1 aliphatic heterocycles. The SMILES string of the molecule is CC(=O)Cc1c[nH]c2ccccc12.CCC1CC(CC)N1. The number of aromatic amines is 1. The second-order valence-corrected chi connectivity index (χ2v) is 5.85. The van der Waals surface area contributed by atoms with Crippen LogP contribution in [-0.2, 0) is 11.2 Å². The standard InChI is InChI=1S/C11H11NO.C7H15N/c1-8(13)6-9-7-12-11-5-3-2-4-10(9)11;1-3-6-5-7(4-2)8-6/h2-5,7,12H,6H2,1H3;6-8H,3-5H2,1-2H3. The zero-order chi connectivity index (χ0) is 15.2. The number of Topliss-reactive ketones (excluding diaryl/α,β-unsaturated/α-hetero) is 1. The van der Waals surface area contributed by atoms with Crippen molar-refractivity contribution in [3.63, 3.8) is 0 Å². The topological polar surface area (TPSA) is 44.9 Å². The Morgan fingerprint density at radius 2 is 1.81 bits per heavy atom. The summed E-state index contributed by atoms with van der Waals surface area (Å²) in [6.45, 7) is 6.09. The van der Waals surface area contributed by atoms with E-state index in [9.17, 15) is 4.79 Å². The minimum atomic E-state index is 0.199. The van der Waals surface area contributed by atoms with Crippen LogP contribution in [0, 0.1) is 0 Å². The Kier molecular flexibility index (Phi) is 5.57. The van der Waals surface area contributed by atoms with E-state index in [2.05, 4.69) is 24.1 Å². The highest BCUT2D eigenvalue weighted by atomic mass is 16.1. The molecule has 2 aromatic rings. The summed E-state index contributed by atoms with van der Waals surface area (Å²) in [5.74, 6) is 0.199. The quantitative estimate of drug-likeness (QED) is 0.897. The maximum atomic E-state index is 10.9. The van der Waals surface area contributed by atoms with Crippen molar-refractivity contribution in [2.24, 2.45) is 0 Å². The molecule has 0 amide bonds. The first-order chi connectivity index (χ1) is 10.1. The minimum Gasteiger partial charge on any atom is -0.361 e. The maximum Gasteiger partial charge on any atom is 0.134 e. The summed E-state index contributed by atoms with van der Waals surface area (Å²) in [5, 5.41) is 4.63. The highest BCUT2D eigenvalue weighted by molar-refractivity contribution is 5.88. The van der Waals surface area contributed by atoms with Crippen molar-refractivity contribution in [2.45, 2.75) is 58.5 Å². The number of H-pyrrole nitrogens is 1. The fraction of sp³-hybridized carbons (Fsp3) is 0.500. The van der Waals surface area contributed by atoms with Gasteiger partial charge in [0.05, 0.1) is 0 Å². The van der Waals surface area contributed by atoms with Crippen molar-refractivity contribution < 1.29 is 4.79 Å². The molecule has 1 saturated heterocycles. The summed E-state index contributed by atoms with van der Waals surface area (Å²) in [5.41, 5.74) is 2.18. The van der Waals surface area contributed by atoms with Crippen molar-refractivity contribution in [1.82, 2.24) is 10.3 Å². The lowest BCUT2D eigenvalue weighted by Gasteiger charge is -2.36. The monoisotopic (exact) mass is 286 g/mol. The van der Waals surface area contributed by atoms with Gasteiger partial charge in [-0.1, -0.05) is 32.0 Å². The Morgan fingerprint density at radius 3 is 2.38 bits per heavy atom. The Morgan fingerprint density at radius 1 is 1.19 bits per heavy atom. The third kappa shape index (κ3) is 4.18. The number of carbonyl (C=O) groups excluding carboxylic acids is 1. The third-order valence-corrected chi connectivity index (χ3v) is 4.14. The number of nitrogens with one attached hydrogen (secondary N) is 2. The first-order valence-corrected chi connectivity index (χ1v) is 7.94. The number of hydrogen-bond acceptors (Lipinski definition) is 2. The summed E-state index contributed by atoms with van der Waals surface area (Å²) in [4.78, 5) is 14.1. The van der Waals surface area contributed by atoms with E-state index < -0.39 is 0 Å². The maximum absolute atomic E-state index is 10.9. The number of benzene rings is 1. The van der Waals surface area contributed by atoms with Gasteiger partial charge in [-0.05, 0) is 37.8 Å². The number of fused-ring (bicyclic) bond motifs is 1. The van der Waals surface area contributed by atoms with Crippen molar-refractivity contribution >= 4 is 16.7 Å². The molecule has 0 radical (unpaired) electrons. The molecule has 3 rings (SSSR count). The van der Waals surface area contributed by atoms with Gasteiger partial charge in [0, 0.05) is 35.6 Å². The van der Waals surface area contributed by atoms with Crippen molar-refractivity contribution in [1.29, 1.82) is 0 Å². The van der Waals surface area contributed by atoms with E-state index in [1.54, 1.807) is 6.92 Å². The average molecular weight is 286 g/mol. The lowest BCUT2D eigenvalue weighted by Crippen LogP contribution is -2.51. The lowest BCUT2D eigenvalue weighted by molar-refractivity contribution is -0.116. The summed E-state index contributed by atoms with van der Waals surface area (Å²) in [6, 6.07) is 9.71. The largest absolute Gasteiger partial charge is 0.361 e. The zero-order valence-electron chi connectivity index (χ0n) is 13.3. The third-order valence-electron chi connectivity index (χ3n) is 4.14. The molecule has 0 saturated carbocycles. The minimum absolute atomic E-state index is 0.199. The Labute approximate surface area is 127 Å². The molecule has 3 nitrogen and oxygen atoms in total. The molecule has 2 atom stereocenters. The number of ketones is 1. The molecule has 21 heavy (non-hydrogen) atoms. The Balaban J connectivity index is 0.000000173. The van der Waals surface area contributed by atoms with Crippen LogP contribution in [0.3, 0.4) is 0 Å². The second kappa shape index (κ2) is 7.41. The number of hydrogen-bond donors (Lipinski definition) is 2. The van der Waals surface area contributed by atoms with E-state index in [0.29, 0.717) is 6.42 Å². The predicted octanol–water partition coefficient (Wildman–Crippen LogP) is 3.84. The van der Waals surface area contributed by atoms with Gasteiger partial charge in [-0.25, -0.2) is 0 Å². The van der Waals surface area contributed by atoms with Gasteiger partial charge in [0.25, 0.3) is 0 Å². The van der Waals surface area contributed by atoms with Gasteiger partial charge < -0.3 is 10.3 Å². The van der Waals surface area contributed by atoms with Gasteiger partial charge in [-0.2, -0.15) is 0 Å². The van der Waals surface area contributed by atoms with Crippen molar-refractivity contribution in [2.75, 3.05) is 0 Å². The van der Waals surface area contributed by atoms with Crippen LogP contribution in [0.15, 0.2) is 30.5 Å². The summed E-state index contributed by atoms with van der Waals surface area (Å²) in [6.07, 6.45) is 6.44. The molecule has 1 fully saturated rings. The van der Waals surface area contributed by atoms with Gasteiger partial charge in [0.1, 0.15) is 5.78 Å². The molecular weight excluding hydrogens is 260 g/mol. The van der Waals surface area contributed by atoms with Crippen molar-refractivity contribution in [3.05, 3.63) is 36.0 Å². The second-order valence-electron chi connectivity index (χ2n) is 5.85. The van der Waals surface area contributed by atoms with Crippen LogP contribution in [0.25, 0.3) is 10.9 Å². The molecule has 1 aliphatic rings. The number of aromatic nitrogens is 1. The van der Waals surface area contributed by atoms with Gasteiger partial charge in [0.15, 0.2) is 0 Å². The fourth-order valence-corrected chi connectivity index (χ4v) is 2.77. The molecular formula is C18H26N2O. The van der Waals surface area contributed by atoms with Crippen LogP contribution < -0.4 is 5.32 Å².